The zero-order valence-electron chi connectivity index (χ0n) is 9.38. The lowest BCUT2D eigenvalue weighted by Crippen LogP contribution is -2.27. The van der Waals surface area contributed by atoms with E-state index in [9.17, 15) is 23.1 Å². The highest BCUT2D eigenvalue weighted by Crippen LogP contribution is 2.26. The second kappa shape index (κ2) is 5.03. The lowest BCUT2D eigenvalue weighted by Gasteiger charge is -2.12. The summed E-state index contributed by atoms with van der Waals surface area (Å²) in [6, 6.07) is 7.31. The van der Waals surface area contributed by atoms with Gasteiger partial charge in [-0.25, -0.2) is 0 Å². The predicted octanol–water partition coefficient (Wildman–Crippen LogP) is 3.13. The fourth-order valence-electron chi connectivity index (χ4n) is 1.34. The van der Waals surface area contributed by atoms with Gasteiger partial charge in [0.2, 0.25) is 0 Å². The molecule has 0 heterocycles. The van der Waals surface area contributed by atoms with Crippen LogP contribution in [-0.4, -0.2) is 22.8 Å². The third-order valence-corrected chi connectivity index (χ3v) is 2.17. The van der Waals surface area contributed by atoms with E-state index < -0.39 is 29.0 Å². The monoisotopic (exact) mass is 257 g/mol. The molecule has 2 N–H and O–H groups in total. The fourth-order valence-corrected chi connectivity index (χ4v) is 1.34. The molecule has 0 spiro atoms. The smallest absolute Gasteiger partial charge is 0.433 e. The first-order valence-corrected chi connectivity index (χ1v) is 4.91. The molecule has 0 bridgehead atoms. The highest BCUT2D eigenvalue weighted by molar-refractivity contribution is 6.26. The van der Waals surface area contributed by atoms with Crippen LogP contribution in [0.5, 0.6) is 0 Å². The van der Waals surface area contributed by atoms with E-state index in [1.54, 1.807) is 6.07 Å². The lowest BCUT2D eigenvalue weighted by atomic mass is 10.0. The molecule has 0 radical (unpaired) electrons. The summed E-state index contributed by atoms with van der Waals surface area (Å²) in [7, 11) is 0. The van der Waals surface area contributed by atoms with E-state index in [4.69, 9.17) is 5.41 Å². The summed E-state index contributed by atoms with van der Waals surface area (Å²) in [5.74, 6) is -1.86. The first-order chi connectivity index (χ1) is 8.25. The van der Waals surface area contributed by atoms with Crippen molar-refractivity contribution in [2.45, 2.75) is 13.1 Å². The molecule has 96 valence electrons. The maximum atomic E-state index is 12.4. The van der Waals surface area contributed by atoms with Gasteiger partial charge in [0.15, 0.2) is 11.5 Å². The van der Waals surface area contributed by atoms with Crippen LogP contribution in [0.1, 0.15) is 12.5 Å². The number of alkyl halides is 3. The van der Waals surface area contributed by atoms with Gasteiger partial charge in [-0.2, -0.15) is 13.2 Å². The van der Waals surface area contributed by atoms with Gasteiger partial charge in [-0.1, -0.05) is 30.3 Å². The van der Waals surface area contributed by atoms with Crippen LogP contribution in [0, 0.1) is 5.41 Å². The predicted molar refractivity (Wildman–Crippen MR) is 60.5 cm³/mol. The summed E-state index contributed by atoms with van der Waals surface area (Å²) in [4.78, 5) is 11.2. The van der Waals surface area contributed by atoms with Gasteiger partial charge < -0.3 is 5.11 Å². The topological polar surface area (TPSA) is 61.2 Å². The highest BCUT2D eigenvalue weighted by Gasteiger charge is 2.39. The summed E-state index contributed by atoms with van der Waals surface area (Å²) >= 11 is 0. The van der Waals surface area contributed by atoms with Crippen LogP contribution in [-0.2, 0) is 4.79 Å². The number of Topliss-reactive ketones (excluding diaryl/α,β-unsaturated/α-hetero) is 1. The number of carbonyl (C=O) groups excluding carboxylic acids is 1. The van der Waals surface area contributed by atoms with E-state index in [-0.39, 0.29) is 5.56 Å². The molecule has 0 aliphatic heterocycles. The van der Waals surface area contributed by atoms with Gasteiger partial charge in [-0.3, -0.25) is 10.2 Å². The number of aliphatic hydroxyl groups is 1. The van der Waals surface area contributed by atoms with Gasteiger partial charge in [0.1, 0.15) is 5.76 Å². The van der Waals surface area contributed by atoms with Crippen molar-refractivity contribution in [3.05, 3.63) is 41.5 Å². The summed E-state index contributed by atoms with van der Waals surface area (Å²) in [6.07, 6.45) is -4.98. The van der Waals surface area contributed by atoms with Crippen molar-refractivity contribution >= 4 is 17.3 Å². The molecule has 0 unspecified atom stereocenters. The molecule has 0 amide bonds. The van der Waals surface area contributed by atoms with Gasteiger partial charge in [-0.05, 0) is 6.92 Å². The summed E-state index contributed by atoms with van der Waals surface area (Å²) in [5, 5.41) is 16.6. The van der Waals surface area contributed by atoms with Crippen LogP contribution >= 0.6 is 0 Å². The second-order valence-electron chi connectivity index (χ2n) is 3.52. The molecule has 0 aliphatic carbocycles. The Hall–Kier alpha value is -2.11. The van der Waals surface area contributed by atoms with Crippen LogP contribution in [0.25, 0.3) is 5.76 Å². The Bertz CT molecular complexity index is 504. The van der Waals surface area contributed by atoms with Crippen LogP contribution < -0.4 is 0 Å². The Balaban J connectivity index is 3.37. The average molecular weight is 257 g/mol. The van der Waals surface area contributed by atoms with Crippen molar-refractivity contribution in [1.29, 1.82) is 5.41 Å². The number of carbonyl (C=O) groups is 1. The van der Waals surface area contributed by atoms with E-state index >= 15 is 0 Å². The molecule has 0 saturated carbocycles. The Morgan fingerprint density at radius 1 is 1.22 bits per heavy atom. The average Bonchev–Trinajstić information content (AvgIpc) is 2.28. The molecule has 1 rings (SSSR count). The van der Waals surface area contributed by atoms with Crippen molar-refractivity contribution in [3.8, 4) is 0 Å². The quantitative estimate of drug-likeness (QED) is 0.496. The summed E-state index contributed by atoms with van der Waals surface area (Å²) in [5.41, 5.74) is -2.83. The zero-order chi connectivity index (χ0) is 13.9. The first kappa shape index (κ1) is 14.0. The molecule has 3 nitrogen and oxygen atoms in total. The maximum Gasteiger partial charge on any atom is 0.433 e. The first-order valence-electron chi connectivity index (χ1n) is 4.91. The second-order valence-corrected chi connectivity index (χ2v) is 3.52. The number of allylic oxidation sites excluding steroid dienone is 1. The Kier molecular flexibility index (Phi) is 3.90. The van der Waals surface area contributed by atoms with Crippen molar-refractivity contribution in [2.75, 3.05) is 0 Å². The number of halogens is 3. The SMILES string of the molecule is CC(=O)C(C(=N)C(F)(F)F)=C(O)c1ccccc1. The molecular formula is C12H10F3NO2. The minimum Gasteiger partial charge on any atom is -0.506 e. The van der Waals surface area contributed by atoms with Gasteiger partial charge >= 0.3 is 6.18 Å². The number of ketones is 1. The van der Waals surface area contributed by atoms with E-state index in [2.05, 4.69) is 0 Å². The van der Waals surface area contributed by atoms with Crippen LogP contribution in [0.2, 0.25) is 0 Å². The Morgan fingerprint density at radius 3 is 2.11 bits per heavy atom. The molecule has 1 aromatic rings. The Morgan fingerprint density at radius 2 is 1.72 bits per heavy atom. The van der Waals surface area contributed by atoms with Crippen molar-refractivity contribution in [1.82, 2.24) is 0 Å². The Labute approximate surface area is 101 Å². The van der Waals surface area contributed by atoms with E-state index in [1.165, 1.54) is 24.3 Å². The van der Waals surface area contributed by atoms with Gasteiger partial charge in [0.25, 0.3) is 0 Å². The molecule has 0 aromatic heterocycles. The van der Waals surface area contributed by atoms with Crippen LogP contribution in [0.15, 0.2) is 35.9 Å². The molecule has 6 heteroatoms. The van der Waals surface area contributed by atoms with Crippen molar-refractivity contribution in [3.63, 3.8) is 0 Å². The molecule has 0 atom stereocenters. The minimum atomic E-state index is -4.98. The number of hydrogen-bond acceptors (Lipinski definition) is 3. The number of nitrogens with one attached hydrogen (secondary N) is 1. The van der Waals surface area contributed by atoms with E-state index in [0.717, 1.165) is 6.92 Å². The normalized spacial score (nSPS) is 12.9. The lowest BCUT2D eigenvalue weighted by molar-refractivity contribution is -0.113. The molecular weight excluding hydrogens is 247 g/mol. The third kappa shape index (κ3) is 2.97. The standard InChI is InChI=1S/C12H10F3NO2/c1-7(17)9(11(16)12(13,14)15)10(18)8-5-3-2-4-6-8/h2-6,16,18H,1H3. The van der Waals surface area contributed by atoms with Crippen molar-refractivity contribution in [2.24, 2.45) is 0 Å². The van der Waals surface area contributed by atoms with E-state index in [1.807, 2.05) is 0 Å². The highest BCUT2D eigenvalue weighted by atomic mass is 19.4. The molecule has 0 fully saturated rings. The maximum absolute atomic E-state index is 12.4. The van der Waals surface area contributed by atoms with E-state index in [0.29, 0.717) is 0 Å². The molecule has 0 saturated heterocycles. The van der Waals surface area contributed by atoms with Gasteiger partial charge in [-0.15, -0.1) is 0 Å². The zero-order valence-corrected chi connectivity index (χ0v) is 9.38. The van der Waals surface area contributed by atoms with Crippen molar-refractivity contribution < 1.29 is 23.1 Å². The minimum absolute atomic E-state index is 0.0525. The van der Waals surface area contributed by atoms with Gasteiger partial charge in [0.05, 0.1) is 5.57 Å². The summed E-state index contributed by atoms with van der Waals surface area (Å²) in [6.45, 7) is 0.870. The summed E-state index contributed by atoms with van der Waals surface area (Å²) < 4.78 is 37.2. The number of aliphatic hydroxyl groups excluding tert-OH is 1. The number of rotatable bonds is 3. The van der Waals surface area contributed by atoms with Crippen LogP contribution in [0.4, 0.5) is 13.2 Å². The van der Waals surface area contributed by atoms with Gasteiger partial charge in [0, 0.05) is 5.56 Å². The van der Waals surface area contributed by atoms with Crippen LogP contribution in [0.3, 0.4) is 0 Å². The number of benzene rings is 1. The molecule has 18 heavy (non-hydrogen) atoms. The molecule has 1 aromatic carbocycles. The number of hydrogen-bond donors (Lipinski definition) is 2. The fraction of sp³-hybridized carbons (Fsp3) is 0.167. The third-order valence-electron chi connectivity index (χ3n) is 2.17. The molecule has 0 aliphatic rings. The largest absolute Gasteiger partial charge is 0.506 e.